The molecule has 0 N–H and O–H groups in total. The molecule has 230 valence electrons. The molecule has 0 saturated heterocycles. The van der Waals surface area contributed by atoms with Gasteiger partial charge in [0.15, 0.2) is 17.5 Å². The van der Waals surface area contributed by atoms with Crippen LogP contribution in [0, 0.1) is 0 Å². The lowest BCUT2D eigenvalue weighted by Crippen LogP contribution is -2.03. The first-order valence-corrected chi connectivity index (χ1v) is 18.6. The molecule has 1 heterocycles. The maximum Gasteiger partial charge on any atom is 0.164 e. The lowest BCUT2D eigenvalue weighted by molar-refractivity contribution is 0.588. The predicted octanol–water partition coefficient (Wildman–Crippen LogP) is 10.8. The van der Waals surface area contributed by atoms with Crippen LogP contribution in [0.25, 0.3) is 78.0 Å². The zero-order valence-corrected chi connectivity index (χ0v) is 27.6. The highest BCUT2D eigenvalue weighted by molar-refractivity contribution is 7.70. The van der Waals surface area contributed by atoms with Crippen LogP contribution < -0.4 is 5.30 Å². The molecule has 0 amide bonds. The molecular formula is C43H32N3OP. The minimum absolute atomic E-state index is 0.587. The van der Waals surface area contributed by atoms with Gasteiger partial charge in [0.05, 0.1) is 0 Å². The van der Waals surface area contributed by atoms with Crippen molar-refractivity contribution in [3.05, 3.63) is 158 Å². The predicted molar refractivity (Wildman–Crippen MR) is 201 cm³/mol. The SMILES string of the molecule is CP(C)(=O)c1cccc(-c2cc(-c3nc(-c4ccccc4)nc(-c4ccccc4)n3)cc(-c3cc4ccccc4c4ccccc34)c2)c1. The van der Waals surface area contributed by atoms with Crippen molar-refractivity contribution in [2.24, 2.45) is 0 Å². The fourth-order valence-electron chi connectivity index (χ4n) is 6.33. The number of rotatable bonds is 6. The van der Waals surface area contributed by atoms with E-state index in [4.69, 9.17) is 15.0 Å². The van der Waals surface area contributed by atoms with E-state index in [9.17, 15) is 4.57 Å². The van der Waals surface area contributed by atoms with Gasteiger partial charge < -0.3 is 4.57 Å². The van der Waals surface area contributed by atoms with Gasteiger partial charge in [0, 0.05) is 22.0 Å². The largest absolute Gasteiger partial charge is 0.319 e. The Morgan fingerprint density at radius 2 is 0.896 bits per heavy atom. The van der Waals surface area contributed by atoms with E-state index >= 15 is 0 Å². The van der Waals surface area contributed by atoms with Crippen LogP contribution >= 0.6 is 7.14 Å². The quantitative estimate of drug-likeness (QED) is 0.134. The van der Waals surface area contributed by atoms with Crippen LogP contribution in [0.15, 0.2) is 158 Å². The Balaban J connectivity index is 1.42. The lowest BCUT2D eigenvalue weighted by atomic mass is 9.90. The van der Waals surface area contributed by atoms with Gasteiger partial charge in [-0.15, -0.1) is 0 Å². The molecule has 8 rings (SSSR count). The number of nitrogens with zero attached hydrogens (tertiary/aromatic N) is 3. The molecule has 1 aromatic heterocycles. The van der Waals surface area contributed by atoms with Gasteiger partial charge in [0.1, 0.15) is 7.14 Å². The summed E-state index contributed by atoms with van der Waals surface area (Å²) in [6.45, 7) is 3.63. The third-order valence-electron chi connectivity index (χ3n) is 8.77. The van der Waals surface area contributed by atoms with E-state index in [0.29, 0.717) is 17.5 Å². The van der Waals surface area contributed by atoms with Crippen LogP contribution in [0.1, 0.15) is 0 Å². The van der Waals surface area contributed by atoms with Gasteiger partial charge in [-0.2, -0.15) is 0 Å². The topological polar surface area (TPSA) is 55.7 Å². The molecule has 0 bridgehead atoms. The fourth-order valence-corrected chi connectivity index (χ4v) is 7.23. The van der Waals surface area contributed by atoms with Crippen molar-refractivity contribution >= 4 is 34.0 Å². The molecule has 0 atom stereocenters. The summed E-state index contributed by atoms with van der Waals surface area (Å²) in [7, 11) is -2.48. The van der Waals surface area contributed by atoms with E-state index in [1.807, 2.05) is 86.1 Å². The second kappa shape index (κ2) is 12.2. The van der Waals surface area contributed by atoms with Crippen LogP contribution in [0.4, 0.5) is 0 Å². The molecule has 7 aromatic carbocycles. The third kappa shape index (κ3) is 5.72. The van der Waals surface area contributed by atoms with E-state index in [0.717, 1.165) is 44.2 Å². The second-order valence-electron chi connectivity index (χ2n) is 12.4. The summed E-state index contributed by atoms with van der Waals surface area (Å²) < 4.78 is 13.2. The van der Waals surface area contributed by atoms with E-state index in [1.165, 1.54) is 21.5 Å². The van der Waals surface area contributed by atoms with Crippen LogP contribution in [0.2, 0.25) is 0 Å². The standard InChI is InChI=1S/C43H32N3OP/c1-48(2,47)36-20-13-19-31(27-36)33-24-34(40-28-32-18-9-10-21-37(32)38-22-11-12-23-39(38)40)26-35(25-33)43-45-41(29-14-5-3-6-15-29)44-42(46-43)30-16-7-4-8-17-30/h3-28H,1-2H3. The van der Waals surface area contributed by atoms with Crippen molar-refractivity contribution in [3.8, 4) is 56.4 Å². The highest BCUT2D eigenvalue weighted by atomic mass is 31.2. The number of benzene rings is 7. The number of hydrogen-bond acceptors (Lipinski definition) is 4. The Morgan fingerprint density at radius 3 is 1.54 bits per heavy atom. The van der Waals surface area contributed by atoms with Gasteiger partial charge in [-0.05, 0) is 87.5 Å². The molecule has 0 saturated carbocycles. The summed E-state index contributed by atoms with van der Waals surface area (Å²) in [4.78, 5) is 15.1. The monoisotopic (exact) mass is 637 g/mol. The Morgan fingerprint density at radius 1 is 0.396 bits per heavy atom. The van der Waals surface area contributed by atoms with Gasteiger partial charge in [-0.25, -0.2) is 15.0 Å². The molecule has 0 radical (unpaired) electrons. The zero-order chi connectivity index (χ0) is 32.7. The second-order valence-corrected chi connectivity index (χ2v) is 15.6. The number of aromatic nitrogens is 3. The van der Waals surface area contributed by atoms with Crippen molar-refractivity contribution in [2.75, 3.05) is 13.3 Å². The normalized spacial score (nSPS) is 11.6. The molecule has 0 fully saturated rings. The average molecular weight is 638 g/mol. The van der Waals surface area contributed by atoms with Crippen molar-refractivity contribution < 1.29 is 4.57 Å². The first kappa shape index (κ1) is 29.7. The van der Waals surface area contributed by atoms with Gasteiger partial charge in [0.25, 0.3) is 0 Å². The molecule has 0 spiro atoms. The van der Waals surface area contributed by atoms with Gasteiger partial charge in [0.2, 0.25) is 0 Å². The highest BCUT2D eigenvalue weighted by Crippen LogP contribution is 2.40. The Labute approximate surface area is 280 Å². The molecule has 0 unspecified atom stereocenters. The number of hydrogen-bond donors (Lipinski definition) is 0. The van der Waals surface area contributed by atoms with Gasteiger partial charge >= 0.3 is 0 Å². The summed E-state index contributed by atoms with van der Waals surface area (Å²) in [5.74, 6) is 1.81. The molecule has 0 aliphatic heterocycles. The van der Waals surface area contributed by atoms with E-state index in [-0.39, 0.29) is 0 Å². The van der Waals surface area contributed by atoms with Crippen LogP contribution in [-0.4, -0.2) is 28.3 Å². The molecule has 48 heavy (non-hydrogen) atoms. The lowest BCUT2D eigenvalue weighted by Gasteiger charge is -2.16. The molecular weight excluding hydrogens is 605 g/mol. The number of fused-ring (bicyclic) bond motifs is 3. The van der Waals surface area contributed by atoms with Crippen LogP contribution in [0.5, 0.6) is 0 Å². The Hall–Kier alpha value is -5.70. The summed E-state index contributed by atoms with van der Waals surface area (Å²) in [5.41, 5.74) is 6.88. The van der Waals surface area contributed by atoms with Crippen molar-refractivity contribution in [1.29, 1.82) is 0 Å². The van der Waals surface area contributed by atoms with Crippen molar-refractivity contribution in [2.45, 2.75) is 0 Å². The maximum atomic E-state index is 13.2. The first-order chi connectivity index (χ1) is 23.4. The smallest absolute Gasteiger partial charge is 0.164 e. The maximum absolute atomic E-state index is 13.2. The average Bonchev–Trinajstić information content (AvgIpc) is 3.14. The van der Waals surface area contributed by atoms with E-state index in [2.05, 4.69) is 84.9 Å². The fraction of sp³-hybridized carbons (Fsp3) is 0.0465. The van der Waals surface area contributed by atoms with Crippen molar-refractivity contribution in [1.82, 2.24) is 15.0 Å². The summed E-state index contributed by atoms with van der Waals surface area (Å²) in [5, 5.41) is 5.62. The van der Waals surface area contributed by atoms with Crippen LogP contribution in [0.3, 0.4) is 0 Å². The molecule has 4 nitrogen and oxygen atoms in total. The Bertz CT molecular complexity index is 2450. The molecule has 0 aliphatic carbocycles. The summed E-state index contributed by atoms with van der Waals surface area (Å²) >= 11 is 0. The molecule has 0 aliphatic rings. The minimum atomic E-state index is -2.48. The molecule has 5 heteroatoms. The van der Waals surface area contributed by atoms with E-state index < -0.39 is 7.14 Å². The van der Waals surface area contributed by atoms with E-state index in [1.54, 1.807) is 0 Å². The third-order valence-corrected chi connectivity index (χ3v) is 10.3. The minimum Gasteiger partial charge on any atom is -0.319 e. The Kier molecular flexibility index (Phi) is 7.51. The molecule has 8 aromatic rings. The van der Waals surface area contributed by atoms with Gasteiger partial charge in [-0.1, -0.05) is 127 Å². The summed E-state index contributed by atoms with van der Waals surface area (Å²) in [6.07, 6.45) is 0. The summed E-state index contributed by atoms with van der Waals surface area (Å²) in [6, 6.07) is 54.1. The first-order valence-electron chi connectivity index (χ1n) is 16.0. The van der Waals surface area contributed by atoms with Crippen LogP contribution in [-0.2, 0) is 4.57 Å². The highest BCUT2D eigenvalue weighted by Gasteiger charge is 2.18. The van der Waals surface area contributed by atoms with Gasteiger partial charge in [-0.3, -0.25) is 0 Å². The van der Waals surface area contributed by atoms with Crippen molar-refractivity contribution in [3.63, 3.8) is 0 Å². The zero-order valence-electron chi connectivity index (χ0n) is 26.7.